The van der Waals surface area contributed by atoms with E-state index in [1.807, 2.05) is 6.07 Å². The third-order valence-electron chi connectivity index (χ3n) is 12.0. The Morgan fingerprint density at radius 3 is 1.88 bits per heavy atom. The van der Waals surface area contributed by atoms with E-state index in [4.69, 9.17) is 4.42 Å². The predicted molar refractivity (Wildman–Crippen MR) is 244 cm³/mol. The van der Waals surface area contributed by atoms with Crippen LogP contribution in [0.1, 0.15) is 25.0 Å². The van der Waals surface area contributed by atoms with E-state index in [0.717, 1.165) is 61.5 Å². The third kappa shape index (κ3) is 5.35. The molecule has 0 amide bonds. The molecule has 0 radical (unpaired) electrons. The first-order valence-corrected chi connectivity index (χ1v) is 20.0. The minimum Gasteiger partial charge on any atom is -0.455 e. The van der Waals surface area contributed by atoms with Gasteiger partial charge in [-0.15, -0.1) is 0 Å². The predicted octanol–water partition coefficient (Wildman–Crippen LogP) is 15.7. The Labute approximate surface area is 338 Å². The number of para-hydroxylation sites is 4. The van der Waals surface area contributed by atoms with Crippen molar-refractivity contribution in [2.75, 3.05) is 9.80 Å². The smallest absolute Gasteiger partial charge is 0.143 e. The summed E-state index contributed by atoms with van der Waals surface area (Å²) in [5.41, 5.74) is 15.4. The first kappa shape index (κ1) is 33.9. The average molecular weight is 745 g/mol. The number of anilines is 6. The fourth-order valence-corrected chi connectivity index (χ4v) is 9.22. The van der Waals surface area contributed by atoms with Crippen LogP contribution in [0, 0.1) is 0 Å². The molecule has 10 aromatic rings. The van der Waals surface area contributed by atoms with E-state index in [-0.39, 0.29) is 5.41 Å². The van der Waals surface area contributed by atoms with Crippen LogP contribution in [0.3, 0.4) is 0 Å². The molecular formula is C55H40N2O. The van der Waals surface area contributed by atoms with Gasteiger partial charge >= 0.3 is 0 Å². The van der Waals surface area contributed by atoms with Crippen molar-refractivity contribution in [3.8, 4) is 22.3 Å². The molecule has 0 saturated heterocycles. The first-order chi connectivity index (χ1) is 28.5. The molecule has 11 rings (SSSR count). The number of hydrogen-bond acceptors (Lipinski definition) is 3. The summed E-state index contributed by atoms with van der Waals surface area (Å²) in [7, 11) is 0. The molecule has 1 aromatic heterocycles. The summed E-state index contributed by atoms with van der Waals surface area (Å²) < 4.78 is 6.72. The van der Waals surface area contributed by atoms with E-state index in [2.05, 4.69) is 224 Å². The molecule has 0 N–H and O–H groups in total. The van der Waals surface area contributed by atoms with E-state index in [0.29, 0.717) is 0 Å². The Morgan fingerprint density at radius 2 is 1.05 bits per heavy atom. The lowest BCUT2D eigenvalue weighted by Crippen LogP contribution is -2.31. The molecule has 3 heteroatoms. The molecule has 0 spiro atoms. The highest BCUT2D eigenvalue weighted by atomic mass is 16.3. The van der Waals surface area contributed by atoms with Crippen molar-refractivity contribution in [2.24, 2.45) is 0 Å². The fourth-order valence-electron chi connectivity index (χ4n) is 9.22. The number of benzene rings is 9. The minimum atomic E-state index is -0.265. The molecule has 9 aromatic carbocycles. The molecule has 0 bridgehead atoms. The number of fused-ring (bicyclic) bond motifs is 6. The summed E-state index contributed by atoms with van der Waals surface area (Å²) in [6.45, 7) is 4.72. The fraction of sp³-hybridized carbons (Fsp3) is 0.0545. The number of hydrogen-bond donors (Lipinski definition) is 0. The van der Waals surface area contributed by atoms with E-state index >= 15 is 0 Å². The van der Waals surface area contributed by atoms with Crippen LogP contribution in [-0.4, -0.2) is 0 Å². The molecule has 1 aliphatic heterocycles. The van der Waals surface area contributed by atoms with E-state index in [9.17, 15) is 0 Å². The lowest BCUT2D eigenvalue weighted by molar-refractivity contribution is 0.632. The van der Waals surface area contributed by atoms with Crippen LogP contribution in [0.5, 0.6) is 0 Å². The van der Waals surface area contributed by atoms with Gasteiger partial charge in [0.1, 0.15) is 11.2 Å². The second kappa shape index (κ2) is 13.4. The maximum absolute atomic E-state index is 6.72. The van der Waals surface area contributed by atoms with Crippen molar-refractivity contribution in [2.45, 2.75) is 19.3 Å². The first-order valence-electron chi connectivity index (χ1n) is 20.0. The zero-order valence-electron chi connectivity index (χ0n) is 32.4. The Morgan fingerprint density at radius 1 is 0.431 bits per heavy atom. The highest BCUT2D eigenvalue weighted by molar-refractivity contribution is 6.14. The van der Waals surface area contributed by atoms with E-state index in [1.165, 1.54) is 38.7 Å². The molecule has 0 atom stereocenters. The van der Waals surface area contributed by atoms with Gasteiger partial charge in [-0.1, -0.05) is 172 Å². The van der Waals surface area contributed by atoms with Gasteiger partial charge in [0.15, 0.2) is 0 Å². The number of nitrogens with zero attached hydrogens (tertiary/aromatic N) is 2. The topological polar surface area (TPSA) is 19.6 Å². The van der Waals surface area contributed by atoms with Gasteiger partial charge in [0, 0.05) is 49.8 Å². The minimum absolute atomic E-state index is 0.265. The molecule has 1 aliphatic rings. The van der Waals surface area contributed by atoms with Crippen molar-refractivity contribution < 1.29 is 4.42 Å². The summed E-state index contributed by atoms with van der Waals surface area (Å²) in [4.78, 5) is 4.90. The molecule has 0 fully saturated rings. The molecular weight excluding hydrogens is 705 g/mol. The normalized spacial score (nSPS) is 13.1. The SMILES string of the molecule is CC1(C)c2ccccc2N(c2c(-c3cccc4c3oc3ccccc34)ccc3ccccc23)c2cc(N(c3ccccc3)c3ccc(-c4ccccc4)cc3)ccc21. The van der Waals surface area contributed by atoms with Gasteiger partial charge in [-0.05, 0) is 76.2 Å². The second-order valence-corrected chi connectivity index (χ2v) is 15.7. The van der Waals surface area contributed by atoms with Crippen molar-refractivity contribution in [1.82, 2.24) is 0 Å². The standard InChI is InChI=1S/C55H40N2O/c1-55(2)48-25-12-13-26-50(48)57(53-43-21-10-9-18-39(43)30-34-45(53)47-24-15-23-46-44-22-11-14-27-52(44)58-54(46)47)51-36-42(33-35-49(51)55)56(40-19-7-4-8-20-40)41-31-28-38(29-32-41)37-16-5-3-6-17-37/h3-36H,1-2H3. The molecule has 3 nitrogen and oxygen atoms in total. The summed E-state index contributed by atoms with van der Waals surface area (Å²) in [5.74, 6) is 0. The number of furan rings is 1. The lowest BCUT2D eigenvalue weighted by Gasteiger charge is -2.43. The van der Waals surface area contributed by atoms with Gasteiger partial charge in [-0.2, -0.15) is 0 Å². The molecule has 0 unspecified atom stereocenters. The monoisotopic (exact) mass is 744 g/mol. The lowest BCUT2D eigenvalue weighted by atomic mass is 9.73. The van der Waals surface area contributed by atoms with Crippen LogP contribution in [0.25, 0.3) is 55.0 Å². The quantitative estimate of drug-likeness (QED) is 0.169. The van der Waals surface area contributed by atoms with Crippen LogP contribution in [0.2, 0.25) is 0 Å². The Hall–Kier alpha value is -7.36. The Kier molecular flexibility index (Phi) is 7.84. The zero-order chi connectivity index (χ0) is 38.8. The molecule has 276 valence electrons. The Bertz CT molecular complexity index is 3140. The van der Waals surface area contributed by atoms with Gasteiger partial charge in [0.2, 0.25) is 0 Å². The summed E-state index contributed by atoms with van der Waals surface area (Å²) in [6.07, 6.45) is 0. The van der Waals surface area contributed by atoms with Gasteiger partial charge in [0.05, 0.1) is 17.1 Å². The van der Waals surface area contributed by atoms with E-state index < -0.39 is 0 Å². The van der Waals surface area contributed by atoms with Crippen LogP contribution in [0.4, 0.5) is 34.1 Å². The van der Waals surface area contributed by atoms with Gasteiger partial charge in [-0.3, -0.25) is 0 Å². The molecule has 0 saturated carbocycles. The Balaban J connectivity index is 1.17. The highest BCUT2D eigenvalue weighted by Gasteiger charge is 2.38. The summed E-state index contributed by atoms with van der Waals surface area (Å²) >= 11 is 0. The van der Waals surface area contributed by atoms with E-state index in [1.54, 1.807) is 0 Å². The van der Waals surface area contributed by atoms with Crippen LogP contribution >= 0.6 is 0 Å². The van der Waals surface area contributed by atoms with Gasteiger partial charge in [-0.25, -0.2) is 0 Å². The largest absolute Gasteiger partial charge is 0.455 e. The third-order valence-corrected chi connectivity index (χ3v) is 12.0. The summed E-state index contributed by atoms with van der Waals surface area (Å²) in [6, 6.07) is 74.4. The maximum atomic E-state index is 6.72. The zero-order valence-corrected chi connectivity index (χ0v) is 32.4. The van der Waals surface area contributed by atoms with Crippen LogP contribution in [-0.2, 0) is 5.41 Å². The van der Waals surface area contributed by atoms with Crippen molar-refractivity contribution >= 4 is 66.8 Å². The van der Waals surface area contributed by atoms with Crippen molar-refractivity contribution in [1.29, 1.82) is 0 Å². The highest BCUT2D eigenvalue weighted by Crippen LogP contribution is 2.56. The van der Waals surface area contributed by atoms with Gasteiger partial charge in [0.25, 0.3) is 0 Å². The van der Waals surface area contributed by atoms with Gasteiger partial charge < -0.3 is 14.2 Å². The number of rotatable bonds is 6. The molecule has 58 heavy (non-hydrogen) atoms. The van der Waals surface area contributed by atoms with Crippen molar-refractivity contribution in [3.05, 3.63) is 217 Å². The average Bonchev–Trinajstić information content (AvgIpc) is 3.67. The van der Waals surface area contributed by atoms with Crippen molar-refractivity contribution in [3.63, 3.8) is 0 Å². The summed E-state index contributed by atoms with van der Waals surface area (Å²) in [5, 5.41) is 4.60. The molecule has 0 aliphatic carbocycles. The maximum Gasteiger partial charge on any atom is 0.143 e. The van der Waals surface area contributed by atoms with Crippen LogP contribution < -0.4 is 9.80 Å². The van der Waals surface area contributed by atoms with Crippen LogP contribution in [0.15, 0.2) is 211 Å². The second-order valence-electron chi connectivity index (χ2n) is 15.7. The molecule has 2 heterocycles.